The number of benzene rings is 1. The van der Waals surface area contributed by atoms with E-state index < -0.39 is 5.82 Å². The lowest BCUT2D eigenvalue weighted by Crippen LogP contribution is -2.40. The molecule has 2 rings (SSSR count). The summed E-state index contributed by atoms with van der Waals surface area (Å²) in [7, 11) is 0. The van der Waals surface area contributed by atoms with Gasteiger partial charge in [0.15, 0.2) is 12.3 Å². The Balaban J connectivity index is 1.99. The van der Waals surface area contributed by atoms with Gasteiger partial charge in [-0.2, -0.15) is 0 Å². The smallest absolute Gasteiger partial charge is 0.273 e. The zero-order valence-electron chi connectivity index (χ0n) is 12.4. The molecule has 0 fully saturated rings. The first-order valence-corrected chi connectivity index (χ1v) is 6.97. The quantitative estimate of drug-likeness (QED) is 0.932. The van der Waals surface area contributed by atoms with Crippen molar-refractivity contribution in [3.63, 3.8) is 0 Å². The summed E-state index contributed by atoms with van der Waals surface area (Å²) in [6, 6.07) is 3.79. The highest BCUT2D eigenvalue weighted by molar-refractivity contribution is 6.32. The molecule has 0 aliphatic carbocycles. The summed E-state index contributed by atoms with van der Waals surface area (Å²) in [6.07, 6.45) is 1.26. The minimum absolute atomic E-state index is 0.0197. The van der Waals surface area contributed by atoms with E-state index in [0.717, 1.165) is 6.07 Å². The minimum Gasteiger partial charge on any atom is -0.482 e. The van der Waals surface area contributed by atoms with Crippen molar-refractivity contribution in [1.29, 1.82) is 0 Å². The van der Waals surface area contributed by atoms with Crippen LogP contribution in [0.1, 0.15) is 37.2 Å². The molecular weight excluding hydrogens is 311 g/mol. The van der Waals surface area contributed by atoms with Crippen LogP contribution in [0.5, 0.6) is 5.75 Å². The first-order chi connectivity index (χ1) is 10.2. The Morgan fingerprint density at radius 3 is 2.82 bits per heavy atom. The van der Waals surface area contributed by atoms with Crippen molar-refractivity contribution in [1.82, 2.24) is 10.3 Å². The number of rotatable bonds is 4. The molecule has 0 saturated heterocycles. The highest BCUT2D eigenvalue weighted by Crippen LogP contribution is 2.25. The van der Waals surface area contributed by atoms with Crippen LogP contribution < -0.4 is 10.1 Å². The first-order valence-electron chi connectivity index (χ1n) is 6.59. The van der Waals surface area contributed by atoms with Gasteiger partial charge in [0, 0.05) is 5.54 Å². The molecule has 1 aromatic carbocycles. The molecule has 1 aromatic heterocycles. The lowest BCUT2D eigenvalue weighted by atomic mass is 10.1. The maximum atomic E-state index is 12.9. The highest BCUT2D eigenvalue weighted by Gasteiger charge is 2.18. The molecule has 0 radical (unpaired) electrons. The molecule has 0 atom stereocenters. The van der Waals surface area contributed by atoms with Gasteiger partial charge in [-0.1, -0.05) is 11.6 Å². The molecule has 1 heterocycles. The second kappa shape index (κ2) is 6.36. The summed E-state index contributed by atoms with van der Waals surface area (Å²) in [6.45, 7) is 5.58. The van der Waals surface area contributed by atoms with Gasteiger partial charge in [-0.05, 0) is 39.0 Å². The molecule has 0 aliphatic heterocycles. The Kier molecular flexibility index (Phi) is 4.71. The van der Waals surface area contributed by atoms with E-state index in [4.69, 9.17) is 20.8 Å². The average molecular weight is 327 g/mol. The van der Waals surface area contributed by atoms with E-state index in [-0.39, 0.29) is 34.7 Å². The molecule has 2 aromatic rings. The minimum atomic E-state index is -0.449. The molecule has 1 amide bonds. The predicted octanol–water partition coefficient (Wildman–Crippen LogP) is 3.57. The molecule has 22 heavy (non-hydrogen) atoms. The number of carbonyl (C=O) groups excluding carboxylic acids is 1. The second-order valence-corrected chi connectivity index (χ2v) is 6.10. The largest absolute Gasteiger partial charge is 0.482 e. The van der Waals surface area contributed by atoms with Gasteiger partial charge in [-0.15, -0.1) is 0 Å². The Morgan fingerprint density at radius 1 is 1.45 bits per heavy atom. The highest BCUT2D eigenvalue weighted by atomic mass is 35.5. The number of hydrogen-bond donors (Lipinski definition) is 1. The second-order valence-electron chi connectivity index (χ2n) is 5.69. The maximum Gasteiger partial charge on any atom is 0.273 e. The van der Waals surface area contributed by atoms with Crippen molar-refractivity contribution in [2.24, 2.45) is 0 Å². The van der Waals surface area contributed by atoms with Crippen molar-refractivity contribution in [3.8, 4) is 5.75 Å². The van der Waals surface area contributed by atoms with E-state index in [1.807, 2.05) is 20.8 Å². The SMILES string of the molecule is CC(C)(C)NC(=O)c1coc(COc2ccc(F)cc2Cl)n1. The molecule has 7 heteroatoms. The third-order valence-electron chi connectivity index (χ3n) is 2.52. The molecule has 0 aliphatic rings. The normalized spacial score (nSPS) is 11.3. The van der Waals surface area contributed by atoms with Gasteiger partial charge in [0.2, 0.25) is 5.89 Å². The van der Waals surface area contributed by atoms with Crippen molar-refractivity contribution in [2.45, 2.75) is 32.9 Å². The van der Waals surface area contributed by atoms with E-state index in [0.29, 0.717) is 5.75 Å². The summed E-state index contributed by atoms with van der Waals surface area (Å²) in [4.78, 5) is 15.9. The lowest BCUT2D eigenvalue weighted by molar-refractivity contribution is 0.0914. The van der Waals surface area contributed by atoms with E-state index in [2.05, 4.69) is 10.3 Å². The van der Waals surface area contributed by atoms with Crippen molar-refractivity contribution < 1.29 is 18.3 Å². The van der Waals surface area contributed by atoms with Crippen molar-refractivity contribution >= 4 is 17.5 Å². The number of nitrogens with one attached hydrogen (secondary N) is 1. The van der Waals surface area contributed by atoms with Crippen LogP contribution in [0.4, 0.5) is 4.39 Å². The van der Waals surface area contributed by atoms with Gasteiger partial charge in [0.1, 0.15) is 17.8 Å². The molecule has 0 bridgehead atoms. The molecule has 0 saturated carbocycles. The van der Waals surface area contributed by atoms with Gasteiger partial charge in [-0.3, -0.25) is 4.79 Å². The van der Waals surface area contributed by atoms with Crippen LogP contribution in [-0.2, 0) is 6.61 Å². The van der Waals surface area contributed by atoms with Gasteiger partial charge in [-0.25, -0.2) is 9.37 Å². The van der Waals surface area contributed by atoms with Crippen LogP contribution in [0.15, 0.2) is 28.9 Å². The van der Waals surface area contributed by atoms with Crippen LogP contribution in [-0.4, -0.2) is 16.4 Å². The third kappa shape index (κ3) is 4.46. The van der Waals surface area contributed by atoms with Gasteiger partial charge in [0.25, 0.3) is 5.91 Å². The Bertz CT molecular complexity index is 680. The summed E-state index contributed by atoms with van der Waals surface area (Å²) in [5.41, 5.74) is -0.201. The van der Waals surface area contributed by atoms with Crippen molar-refractivity contribution in [2.75, 3.05) is 0 Å². The summed E-state index contributed by atoms with van der Waals surface area (Å²) >= 11 is 5.84. The average Bonchev–Trinajstić information content (AvgIpc) is 2.84. The number of halogens is 2. The molecule has 118 valence electrons. The van der Waals surface area contributed by atoms with Gasteiger partial charge in [0.05, 0.1) is 5.02 Å². The van der Waals surface area contributed by atoms with Crippen LogP contribution >= 0.6 is 11.6 Å². The third-order valence-corrected chi connectivity index (χ3v) is 2.81. The van der Waals surface area contributed by atoms with Gasteiger partial charge >= 0.3 is 0 Å². The number of oxazole rings is 1. The fraction of sp³-hybridized carbons (Fsp3) is 0.333. The molecule has 0 unspecified atom stereocenters. The van der Waals surface area contributed by atoms with Crippen LogP contribution in [0.3, 0.4) is 0 Å². The van der Waals surface area contributed by atoms with Crippen LogP contribution in [0.2, 0.25) is 5.02 Å². The lowest BCUT2D eigenvalue weighted by Gasteiger charge is -2.19. The monoisotopic (exact) mass is 326 g/mol. The zero-order valence-corrected chi connectivity index (χ0v) is 13.2. The zero-order chi connectivity index (χ0) is 16.3. The number of amides is 1. The van der Waals surface area contributed by atoms with Gasteiger partial charge < -0.3 is 14.5 Å². The number of carbonyl (C=O) groups is 1. The topological polar surface area (TPSA) is 64.4 Å². The number of hydrogen-bond acceptors (Lipinski definition) is 4. The van der Waals surface area contributed by atoms with E-state index in [9.17, 15) is 9.18 Å². The number of nitrogens with zero attached hydrogens (tertiary/aromatic N) is 1. The summed E-state index contributed by atoms with van der Waals surface area (Å²) in [5, 5.41) is 2.92. The Hall–Kier alpha value is -2.08. The van der Waals surface area contributed by atoms with Crippen molar-refractivity contribution in [3.05, 3.63) is 46.9 Å². The molecule has 5 nitrogen and oxygen atoms in total. The number of ether oxygens (including phenoxy) is 1. The molecule has 1 N–H and O–H groups in total. The van der Waals surface area contributed by atoms with Crippen LogP contribution in [0.25, 0.3) is 0 Å². The Labute approximate surface area is 132 Å². The van der Waals surface area contributed by atoms with E-state index in [1.165, 1.54) is 18.4 Å². The number of aromatic nitrogens is 1. The summed E-state index contributed by atoms with van der Waals surface area (Å²) < 4.78 is 23.5. The van der Waals surface area contributed by atoms with Crippen LogP contribution in [0, 0.1) is 5.82 Å². The molecule has 0 spiro atoms. The Morgan fingerprint density at radius 2 is 2.18 bits per heavy atom. The standard InChI is InChI=1S/C15H16ClFN2O3/c1-15(2,3)19-14(20)11-7-22-13(18-11)8-21-12-5-4-9(17)6-10(12)16/h4-7H,8H2,1-3H3,(H,19,20). The summed E-state index contributed by atoms with van der Waals surface area (Å²) in [5.74, 6) is -0.252. The molecular formula is C15H16ClFN2O3. The fourth-order valence-corrected chi connectivity index (χ4v) is 1.84. The van der Waals surface area contributed by atoms with E-state index in [1.54, 1.807) is 0 Å². The first kappa shape index (κ1) is 16.3. The van der Waals surface area contributed by atoms with E-state index >= 15 is 0 Å². The fourth-order valence-electron chi connectivity index (χ4n) is 1.62. The maximum absolute atomic E-state index is 12.9. The predicted molar refractivity (Wildman–Crippen MR) is 79.5 cm³/mol.